The van der Waals surface area contributed by atoms with E-state index in [1.165, 1.54) is 0 Å². The van der Waals surface area contributed by atoms with E-state index in [4.69, 9.17) is 4.74 Å². The highest BCUT2D eigenvalue weighted by atomic mass is 16.5. The summed E-state index contributed by atoms with van der Waals surface area (Å²) < 4.78 is 5.36. The van der Waals surface area contributed by atoms with E-state index in [2.05, 4.69) is 15.5 Å². The average Bonchev–Trinajstić information content (AvgIpc) is 2.30. The van der Waals surface area contributed by atoms with E-state index in [0.29, 0.717) is 24.4 Å². The Bertz CT molecular complexity index is 435. The summed E-state index contributed by atoms with van der Waals surface area (Å²) in [7, 11) is 0. The number of carboxylic acids is 1. The van der Waals surface area contributed by atoms with Crippen molar-refractivity contribution in [1.29, 1.82) is 0 Å². The number of hydrogen-bond donors (Lipinski definition) is 2. The lowest BCUT2D eigenvalue weighted by Crippen LogP contribution is -2.22. The molecule has 1 atom stereocenters. The Morgan fingerprint density at radius 2 is 2.11 bits per heavy atom. The van der Waals surface area contributed by atoms with Crippen LogP contribution in [-0.2, 0) is 4.74 Å². The van der Waals surface area contributed by atoms with Crippen molar-refractivity contribution in [3.63, 3.8) is 0 Å². The first kappa shape index (κ1) is 14.4. The monoisotopic (exact) mass is 253 g/mol. The van der Waals surface area contributed by atoms with Crippen LogP contribution < -0.4 is 5.32 Å². The van der Waals surface area contributed by atoms with Crippen LogP contribution in [0.4, 0.5) is 5.82 Å². The zero-order valence-electron chi connectivity index (χ0n) is 11.1. The maximum absolute atomic E-state index is 11.2. The zero-order valence-corrected chi connectivity index (χ0v) is 11.1. The first-order valence-electron chi connectivity index (χ1n) is 5.90. The number of nitrogens with zero attached hydrogens (tertiary/aromatic N) is 2. The van der Waals surface area contributed by atoms with Gasteiger partial charge in [0.15, 0.2) is 5.82 Å². The second kappa shape index (κ2) is 6.30. The minimum absolute atomic E-state index is 0.0138. The van der Waals surface area contributed by atoms with E-state index in [9.17, 15) is 9.90 Å². The minimum Gasteiger partial charge on any atom is -0.478 e. The number of aromatic nitrogens is 2. The number of aromatic carboxylic acids is 1. The standard InChI is InChI=1S/C12H19N3O3/c1-5-18-7(2)6-13-11-10(12(16)17)8(3)9(4)14-15-11/h7H,5-6H2,1-4H3,(H,13,15)(H,16,17). The number of hydrogen-bond acceptors (Lipinski definition) is 5. The van der Waals surface area contributed by atoms with Crippen molar-refractivity contribution < 1.29 is 14.6 Å². The Kier molecular flexibility index (Phi) is 5.03. The van der Waals surface area contributed by atoms with Gasteiger partial charge in [0, 0.05) is 13.2 Å². The van der Waals surface area contributed by atoms with Gasteiger partial charge in [0.25, 0.3) is 0 Å². The number of aryl methyl sites for hydroxylation is 1. The molecule has 6 nitrogen and oxygen atoms in total. The molecule has 100 valence electrons. The van der Waals surface area contributed by atoms with Gasteiger partial charge in [0.2, 0.25) is 0 Å². The lowest BCUT2D eigenvalue weighted by Gasteiger charge is -2.15. The third-order valence-corrected chi connectivity index (χ3v) is 2.68. The summed E-state index contributed by atoms with van der Waals surface area (Å²) in [4.78, 5) is 11.2. The van der Waals surface area contributed by atoms with Crippen molar-refractivity contribution in [1.82, 2.24) is 10.2 Å². The van der Waals surface area contributed by atoms with E-state index >= 15 is 0 Å². The number of carboxylic acid groups (broad SMARTS) is 1. The predicted molar refractivity (Wildman–Crippen MR) is 68.0 cm³/mol. The molecule has 6 heteroatoms. The van der Waals surface area contributed by atoms with E-state index in [1.54, 1.807) is 13.8 Å². The van der Waals surface area contributed by atoms with Crippen LogP contribution in [0, 0.1) is 13.8 Å². The van der Waals surface area contributed by atoms with Crippen LogP contribution in [0.2, 0.25) is 0 Å². The smallest absolute Gasteiger partial charge is 0.339 e. The summed E-state index contributed by atoms with van der Waals surface area (Å²) >= 11 is 0. The molecule has 0 bridgehead atoms. The number of anilines is 1. The Balaban J connectivity index is 2.89. The molecule has 0 amide bonds. The van der Waals surface area contributed by atoms with Crippen molar-refractivity contribution in [2.45, 2.75) is 33.8 Å². The van der Waals surface area contributed by atoms with Crippen LogP contribution in [0.15, 0.2) is 0 Å². The molecule has 0 saturated carbocycles. The Hall–Kier alpha value is -1.69. The van der Waals surface area contributed by atoms with Gasteiger partial charge in [-0.2, -0.15) is 5.10 Å². The summed E-state index contributed by atoms with van der Waals surface area (Å²) in [5.74, 6) is -0.714. The van der Waals surface area contributed by atoms with Crippen LogP contribution >= 0.6 is 0 Å². The summed E-state index contributed by atoms with van der Waals surface area (Å²) in [5, 5.41) is 20.0. The summed E-state index contributed by atoms with van der Waals surface area (Å²) in [6.45, 7) is 8.39. The van der Waals surface area contributed by atoms with Crippen molar-refractivity contribution in [3.8, 4) is 0 Å². The molecule has 0 spiro atoms. The molecule has 0 radical (unpaired) electrons. The third kappa shape index (κ3) is 3.40. The van der Waals surface area contributed by atoms with Gasteiger partial charge in [-0.15, -0.1) is 5.10 Å². The molecule has 1 aromatic heterocycles. The highest BCUT2D eigenvalue weighted by Gasteiger charge is 2.17. The zero-order chi connectivity index (χ0) is 13.7. The molecular weight excluding hydrogens is 234 g/mol. The molecule has 0 aromatic carbocycles. The molecule has 0 fully saturated rings. The lowest BCUT2D eigenvalue weighted by molar-refractivity contribution is 0.0695. The number of carbonyl (C=O) groups is 1. The Morgan fingerprint density at radius 3 is 2.67 bits per heavy atom. The minimum atomic E-state index is -1.00. The van der Waals surface area contributed by atoms with E-state index < -0.39 is 5.97 Å². The highest BCUT2D eigenvalue weighted by Crippen LogP contribution is 2.18. The molecule has 1 rings (SSSR count). The third-order valence-electron chi connectivity index (χ3n) is 2.68. The molecule has 0 aliphatic rings. The first-order valence-corrected chi connectivity index (χ1v) is 5.90. The number of rotatable bonds is 6. The predicted octanol–water partition coefficient (Wildman–Crippen LogP) is 1.63. The van der Waals surface area contributed by atoms with Crippen molar-refractivity contribution in [3.05, 3.63) is 16.8 Å². The molecular formula is C12H19N3O3. The fraction of sp³-hybridized carbons (Fsp3) is 0.583. The Labute approximate surface area is 106 Å². The molecule has 0 aliphatic heterocycles. The van der Waals surface area contributed by atoms with Gasteiger partial charge in [0.05, 0.1) is 11.8 Å². The fourth-order valence-electron chi connectivity index (χ4n) is 1.58. The molecule has 1 aromatic rings. The molecule has 0 saturated heterocycles. The maximum atomic E-state index is 11.2. The lowest BCUT2D eigenvalue weighted by atomic mass is 10.1. The fourth-order valence-corrected chi connectivity index (χ4v) is 1.58. The van der Waals surface area contributed by atoms with Gasteiger partial charge >= 0.3 is 5.97 Å². The quantitative estimate of drug-likeness (QED) is 0.801. The summed E-state index contributed by atoms with van der Waals surface area (Å²) in [5.41, 5.74) is 1.42. The van der Waals surface area contributed by atoms with E-state index in [1.807, 2.05) is 13.8 Å². The number of ether oxygens (including phenoxy) is 1. The van der Waals surface area contributed by atoms with E-state index in [-0.39, 0.29) is 17.5 Å². The second-order valence-electron chi connectivity index (χ2n) is 4.09. The maximum Gasteiger partial charge on any atom is 0.339 e. The highest BCUT2D eigenvalue weighted by molar-refractivity contribution is 5.94. The molecule has 1 unspecified atom stereocenters. The largest absolute Gasteiger partial charge is 0.478 e. The van der Waals surface area contributed by atoms with Gasteiger partial charge in [-0.25, -0.2) is 4.79 Å². The number of nitrogens with one attached hydrogen (secondary N) is 1. The second-order valence-corrected chi connectivity index (χ2v) is 4.09. The van der Waals surface area contributed by atoms with Crippen molar-refractivity contribution >= 4 is 11.8 Å². The van der Waals surface area contributed by atoms with E-state index in [0.717, 1.165) is 0 Å². The normalized spacial score (nSPS) is 12.2. The van der Waals surface area contributed by atoms with Crippen molar-refractivity contribution in [2.75, 3.05) is 18.5 Å². The van der Waals surface area contributed by atoms with Gasteiger partial charge < -0.3 is 15.2 Å². The van der Waals surface area contributed by atoms with Gasteiger partial charge in [-0.1, -0.05) is 0 Å². The van der Waals surface area contributed by atoms with Gasteiger partial charge in [-0.3, -0.25) is 0 Å². The molecule has 18 heavy (non-hydrogen) atoms. The Morgan fingerprint density at radius 1 is 1.44 bits per heavy atom. The SMILES string of the molecule is CCOC(C)CNc1nnc(C)c(C)c1C(=O)O. The molecule has 0 aliphatic carbocycles. The van der Waals surface area contributed by atoms with Crippen LogP contribution in [0.5, 0.6) is 0 Å². The topological polar surface area (TPSA) is 84.3 Å². The van der Waals surface area contributed by atoms with Crippen LogP contribution in [0.3, 0.4) is 0 Å². The van der Waals surface area contributed by atoms with Crippen molar-refractivity contribution in [2.24, 2.45) is 0 Å². The van der Waals surface area contributed by atoms with Crippen LogP contribution in [-0.4, -0.2) is 40.5 Å². The van der Waals surface area contributed by atoms with Gasteiger partial charge in [0.1, 0.15) is 5.56 Å². The van der Waals surface area contributed by atoms with Crippen LogP contribution in [0.25, 0.3) is 0 Å². The summed E-state index contributed by atoms with van der Waals surface area (Å²) in [6, 6.07) is 0. The molecule has 2 N–H and O–H groups in total. The van der Waals surface area contributed by atoms with Crippen LogP contribution in [0.1, 0.15) is 35.5 Å². The average molecular weight is 253 g/mol. The van der Waals surface area contributed by atoms with Gasteiger partial charge in [-0.05, 0) is 33.3 Å². The summed E-state index contributed by atoms with van der Waals surface area (Å²) in [6.07, 6.45) is -0.0138. The molecule has 1 heterocycles. The first-order chi connectivity index (χ1) is 8.47.